The third kappa shape index (κ3) is 4.55. The smallest absolute Gasteiger partial charge is 0.226 e. The Morgan fingerprint density at radius 2 is 2.15 bits per heavy atom. The monoisotopic (exact) mass is 289 g/mol. The molecule has 2 aromatic rings. The predicted octanol–water partition coefficient (Wildman–Crippen LogP) is 2.22. The first-order chi connectivity index (χ1) is 9.63. The van der Waals surface area contributed by atoms with Gasteiger partial charge in [-0.2, -0.15) is 0 Å². The van der Waals surface area contributed by atoms with Gasteiger partial charge in [0.05, 0.1) is 18.3 Å². The van der Waals surface area contributed by atoms with Gasteiger partial charge in [-0.1, -0.05) is 23.7 Å². The van der Waals surface area contributed by atoms with Crippen LogP contribution in [0.3, 0.4) is 0 Å². The first-order valence-corrected chi connectivity index (χ1v) is 6.73. The Hall–Kier alpha value is -2.07. The lowest BCUT2D eigenvalue weighted by molar-refractivity contribution is -0.120. The Kier molecular flexibility index (Phi) is 4.96. The van der Waals surface area contributed by atoms with Crippen LogP contribution in [0.4, 0.5) is 5.69 Å². The predicted molar refractivity (Wildman–Crippen MR) is 80.5 cm³/mol. The molecule has 20 heavy (non-hydrogen) atoms. The number of carbonyl (C=O) groups excluding carboxylic acids is 1. The maximum atomic E-state index is 11.7. The summed E-state index contributed by atoms with van der Waals surface area (Å²) in [4.78, 5) is 15.8. The number of nitrogen functional groups attached to an aromatic ring is 1. The van der Waals surface area contributed by atoms with E-state index in [1.807, 2.05) is 24.3 Å². The van der Waals surface area contributed by atoms with E-state index in [1.165, 1.54) is 0 Å². The minimum Gasteiger partial charge on any atom is -0.397 e. The second-order valence-corrected chi connectivity index (χ2v) is 4.93. The molecule has 1 amide bonds. The maximum absolute atomic E-state index is 11.7. The third-order valence-corrected chi connectivity index (χ3v) is 3.05. The molecule has 4 nitrogen and oxygen atoms in total. The summed E-state index contributed by atoms with van der Waals surface area (Å²) in [5.41, 5.74) is 7.94. The number of anilines is 1. The van der Waals surface area contributed by atoms with Crippen LogP contribution in [0, 0.1) is 0 Å². The van der Waals surface area contributed by atoms with Gasteiger partial charge >= 0.3 is 0 Å². The summed E-state index contributed by atoms with van der Waals surface area (Å²) < 4.78 is 0. The molecule has 0 unspecified atom stereocenters. The molecule has 0 bridgehead atoms. The van der Waals surface area contributed by atoms with Crippen molar-refractivity contribution < 1.29 is 4.79 Å². The lowest BCUT2D eigenvalue weighted by atomic mass is 10.1. The number of amides is 1. The number of nitrogens with two attached hydrogens (primary N) is 1. The Bertz CT molecular complexity index is 584. The average molecular weight is 290 g/mol. The summed E-state index contributed by atoms with van der Waals surface area (Å²) >= 11 is 5.90. The van der Waals surface area contributed by atoms with Gasteiger partial charge in [0.2, 0.25) is 5.91 Å². The number of hydrogen-bond acceptors (Lipinski definition) is 3. The fourth-order valence-corrected chi connectivity index (χ4v) is 2.02. The minimum atomic E-state index is -0.0516. The first kappa shape index (κ1) is 14.3. The molecule has 1 aromatic heterocycles. The number of nitrogens with one attached hydrogen (secondary N) is 1. The number of rotatable bonds is 5. The van der Waals surface area contributed by atoms with Gasteiger partial charge in [-0.3, -0.25) is 9.78 Å². The van der Waals surface area contributed by atoms with Gasteiger partial charge in [-0.25, -0.2) is 0 Å². The van der Waals surface area contributed by atoms with Crippen LogP contribution in [0.1, 0.15) is 11.3 Å². The second-order valence-electron chi connectivity index (χ2n) is 4.49. The number of hydrogen-bond donors (Lipinski definition) is 2. The highest BCUT2D eigenvalue weighted by atomic mass is 35.5. The first-order valence-electron chi connectivity index (χ1n) is 6.35. The summed E-state index contributed by atoms with van der Waals surface area (Å²) in [7, 11) is 0. The summed E-state index contributed by atoms with van der Waals surface area (Å²) in [5, 5.41) is 3.57. The van der Waals surface area contributed by atoms with Crippen LogP contribution in [0.2, 0.25) is 5.02 Å². The summed E-state index contributed by atoms with van der Waals surface area (Å²) in [6, 6.07) is 11.1. The van der Waals surface area contributed by atoms with Crippen LogP contribution in [-0.2, 0) is 17.6 Å². The van der Waals surface area contributed by atoms with E-state index in [0.717, 1.165) is 12.0 Å². The zero-order chi connectivity index (χ0) is 14.4. The fraction of sp³-hybridized carbons (Fsp3) is 0.200. The van der Waals surface area contributed by atoms with Crippen LogP contribution < -0.4 is 11.1 Å². The molecule has 1 heterocycles. The molecule has 0 saturated carbocycles. The van der Waals surface area contributed by atoms with E-state index in [2.05, 4.69) is 10.3 Å². The van der Waals surface area contributed by atoms with Crippen molar-refractivity contribution in [3.63, 3.8) is 0 Å². The van der Waals surface area contributed by atoms with Crippen molar-refractivity contribution in [1.29, 1.82) is 0 Å². The van der Waals surface area contributed by atoms with E-state index >= 15 is 0 Å². The summed E-state index contributed by atoms with van der Waals surface area (Å²) in [5.74, 6) is -0.0516. The quantitative estimate of drug-likeness (QED) is 0.887. The van der Waals surface area contributed by atoms with Crippen molar-refractivity contribution in [3.8, 4) is 0 Å². The Labute approximate surface area is 123 Å². The van der Waals surface area contributed by atoms with E-state index in [4.69, 9.17) is 17.3 Å². The van der Waals surface area contributed by atoms with E-state index < -0.39 is 0 Å². The van der Waals surface area contributed by atoms with Crippen LogP contribution in [-0.4, -0.2) is 17.4 Å². The van der Waals surface area contributed by atoms with E-state index in [9.17, 15) is 4.79 Å². The van der Waals surface area contributed by atoms with Crippen molar-refractivity contribution in [2.24, 2.45) is 0 Å². The highest BCUT2D eigenvalue weighted by Gasteiger charge is 2.04. The molecule has 0 saturated heterocycles. The SMILES string of the molecule is Nc1ccc(CC(=O)NCCc2cccc(Cl)c2)nc1. The largest absolute Gasteiger partial charge is 0.397 e. The van der Waals surface area contributed by atoms with Gasteiger partial charge < -0.3 is 11.1 Å². The highest BCUT2D eigenvalue weighted by molar-refractivity contribution is 6.30. The minimum absolute atomic E-state index is 0.0516. The van der Waals surface area contributed by atoms with E-state index in [1.54, 1.807) is 18.3 Å². The topological polar surface area (TPSA) is 68.0 Å². The summed E-state index contributed by atoms with van der Waals surface area (Å²) in [6.07, 6.45) is 2.56. The number of carbonyl (C=O) groups is 1. The van der Waals surface area contributed by atoms with Crippen molar-refractivity contribution in [3.05, 3.63) is 58.9 Å². The van der Waals surface area contributed by atoms with Crippen molar-refractivity contribution in [1.82, 2.24) is 10.3 Å². The molecule has 0 aliphatic heterocycles. The number of benzene rings is 1. The van der Waals surface area contributed by atoms with Crippen molar-refractivity contribution in [2.75, 3.05) is 12.3 Å². The van der Waals surface area contributed by atoms with Crippen LogP contribution >= 0.6 is 11.6 Å². The van der Waals surface area contributed by atoms with Crippen LogP contribution in [0.15, 0.2) is 42.6 Å². The summed E-state index contributed by atoms with van der Waals surface area (Å²) in [6.45, 7) is 0.578. The molecule has 2 rings (SSSR count). The van der Waals surface area contributed by atoms with Gasteiger partial charge in [0.25, 0.3) is 0 Å². The molecule has 0 atom stereocenters. The zero-order valence-electron chi connectivity index (χ0n) is 11.0. The number of halogens is 1. The molecule has 5 heteroatoms. The van der Waals surface area contributed by atoms with Crippen molar-refractivity contribution >= 4 is 23.2 Å². The Morgan fingerprint density at radius 1 is 1.30 bits per heavy atom. The normalized spacial score (nSPS) is 10.2. The van der Waals surface area contributed by atoms with Crippen LogP contribution in [0.25, 0.3) is 0 Å². The van der Waals surface area contributed by atoms with E-state index in [-0.39, 0.29) is 12.3 Å². The fourth-order valence-electron chi connectivity index (χ4n) is 1.81. The number of nitrogens with zero attached hydrogens (tertiary/aromatic N) is 1. The molecule has 0 aliphatic carbocycles. The lowest BCUT2D eigenvalue weighted by Gasteiger charge is -2.05. The molecule has 0 radical (unpaired) electrons. The number of aromatic nitrogens is 1. The van der Waals surface area contributed by atoms with Gasteiger partial charge in [-0.15, -0.1) is 0 Å². The average Bonchev–Trinajstić information content (AvgIpc) is 2.41. The van der Waals surface area contributed by atoms with Crippen molar-refractivity contribution in [2.45, 2.75) is 12.8 Å². The maximum Gasteiger partial charge on any atom is 0.226 e. The van der Waals surface area contributed by atoms with Gasteiger partial charge in [0, 0.05) is 17.3 Å². The molecule has 0 spiro atoms. The van der Waals surface area contributed by atoms with Crippen LogP contribution in [0.5, 0.6) is 0 Å². The lowest BCUT2D eigenvalue weighted by Crippen LogP contribution is -2.27. The highest BCUT2D eigenvalue weighted by Crippen LogP contribution is 2.10. The molecule has 3 N–H and O–H groups in total. The van der Waals surface area contributed by atoms with Gasteiger partial charge in [-0.05, 0) is 36.2 Å². The standard InChI is InChI=1S/C15H16ClN3O/c16-12-3-1-2-11(8-12)6-7-18-15(20)9-14-5-4-13(17)10-19-14/h1-5,8,10H,6-7,9,17H2,(H,18,20). The zero-order valence-corrected chi connectivity index (χ0v) is 11.7. The molecule has 0 aliphatic rings. The Balaban J connectivity index is 1.76. The van der Waals surface area contributed by atoms with Gasteiger partial charge in [0.1, 0.15) is 0 Å². The number of pyridine rings is 1. The Morgan fingerprint density at radius 3 is 2.85 bits per heavy atom. The molecular weight excluding hydrogens is 274 g/mol. The third-order valence-electron chi connectivity index (χ3n) is 2.81. The molecule has 1 aromatic carbocycles. The van der Waals surface area contributed by atoms with Gasteiger partial charge in [0.15, 0.2) is 0 Å². The molecule has 104 valence electrons. The second kappa shape index (κ2) is 6.91. The molecule has 0 fully saturated rings. The molecular formula is C15H16ClN3O. The van der Waals surface area contributed by atoms with E-state index in [0.29, 0.717) is 22.9 Å².